The van der Waals surface area contributed by atoms with Crippen molar-refractivity contribution in [3.63, 3.8) is 0 Å². The van der Waals surface area contributed by atoms with Gasteiger partial charge in [0.15, 0.2) is 11.0 Å². The highest BCUT2D eigenvalue weighted by molar-refractivity contribution is 7.19. The molecular weight excluding hydrogens is 360 g/mol. The Labute approximate surface area is 159 Å². The number of hydrogen-bond donors (Lipinski definition) is 1. The molecule has 6 nitrogen and oxygen atoms in total. The van der Waals surface area contributed by atoms with Crippen molar-refractivity contribution in [1.29, 1.82) is 0 Å². The van der Waals surface area contributed by atoms with Crippen molar-refractivity contribution in [2.75, 3.05) is 5.32 Å². The molecule has 0 spiro atoms. The molecule has 4 rings (SSSR count). The smallest absolute Gasteiger partial charge is 0.250 e. The lowest BCUT2D eigenvalue weighted by Gasteiger charge is -2.02. The minimum absolute atomic E-state index is 0.272. The van der Waals surface area contributed by atoms with Gasteiger partial charge in [0.2, 0.25) is 5.91 Å². The van der Waals surface area contributed by atoms with Crippen LogP contribution in [0.15, 0.2) is 71.6 Å². The van der Waals surface area contributed by atoms with Gasteiger partial charge in [0, 0.05) is 31.1 Å². The average Bonchev–Trinajstić information content (AvgIpc) is 3.41. The summed E-state index contributed by atoms with van der Waals surface area (Å²) in [6, 6.07) is 13.4. The van der Waals surface area contributed by atoms with Gasteiger partial charge in [-0.15, -0.1) is 0 Å². The Morgan fingerprint density at radius 2 is 2.07 bits per heavy atom. The van der Waals surface area contributed by atoms with Crippen LogP contribution in [-0.2, 0) is 11.8 Å². The van der Waals surface area contributed by atoms with Crippen molar-refractivity contribution in [3.8, 4) is 22.0 Å². The van der Waals surface area contributed by atoms with Crippen LogP contribution in [-0.4, -0.2) is 20.4 Å². The topological polar surface area (TPSA) is 73.0 Å². The molecule has 7 heteroatoms. The summed E-state index contributed by atoms with van der Waals surface area (Å²) in [6.45, 7) is 0. The normalized spacial score (nSPS) is 11.1. The summed E-state index contributed by atoms with van der Waals surface area (Å²) < 4.78 is 7.12. The Hall–Kier alpha value is -3.45. The van der Waals surface area contributed by atoms with Gasteiger partial charge in [0.05, 0.1) is 16.8 Å². The molecule has 134 valence electrons. The number of carbonyl (C=O) groups excluding carboxylic acids is 1. The summed E-state index contributed by atoms with van der Waals surface area (Å²) in [7, 11) is 1.93. The van der Waals surface area contributed by atoms with Gasteiger partial charge in [-0.1, -0.05) is 41.7 Å². The van der Waals surface area contributed by atoms with Crippen LogP contribution in [0.25, 0.3) is 28.0 Å². The van der Waals surface area contributed by atoms with Crippen molar-refractivity contribution < 1.29 is 9.21 Å². The lowest BCUT2D eigenvalue weighted by Crippen LogP contribution is -2.07. The second kappa shape index (κ2) is 7.43. The van der Waals surface area contributed by atoms with E-state index in [0.29, 0.717) is 10.9 Å². The number of benzene rings is 1. The van der Waals surface area contributed by atoms with Crippen molar-refractivity contribution in [2.24, 2.45) is 7.05 Å². The van der Waals surface area contributed by atoms with Gasteiger partial charge in [0.1, 0.15) is 5.76 Å². The molecule has 0 radical (unpaired) electrons. The lowest BCUT2D eigenvalue weighted by atomic mass is 10.1. The van der Waals surface area contributed by atoms with Crippen LogP contribution in [0.5, 0.6) is 0 Å². The number of anilines is 1. The SMILES string of the molecule is Cn1ccnc1-c1sc(NC(=O)/C=C/c2ccco2)nc1-c1ccccc1. The van der Waals surface area contributed by atoms with Gasteiger partial charge in [-0.2, -0.15) is 0 Å². The fourth-order valence-electron chi connectivity index (χ4n) is 2.59. The third kappa shape index (κ3) is 3.73. The number of carbonyl (C=O) groups is 1. The van der Waals surface area contributed by atoms with Gasteiger partial charge < -0.3 is 8.98 Å². The summed E-state index contributed by atoms with van der Waals surface area (Å²) in [6.07, 6.45) is 8.22. The van der Waals surface area contributed by atoms with Gasteiger partial charge in [-0.05, 0) is 18.2 Å². The first-order valence-corrected chi connectivity index (χ1v) is 9.09. The van der Waals surface area contributed by atoms with Gasteiger partial charge in [0.25, 0.3) is 0 Å². The quantitative estimate of drug-likeness (QED) is 0.522. The summed E-state index contributed by atoms with van der Waals surface area (Å²) in [4.78, 5) is 22.2. The van der Waals surface area contributed by atoms with Gasteiger partial charge in [-0.3, -0.25) is 10.1 Å². The fraction of sp³-hybridized carbons (Fsp3) is 0.0500. The molecule has 0 atom stereocenters. The predicted octanol–water partition coefficient (Wildman–Crippen LogP) is 4.46. The lowest BCUT2D eigenvalue weighted by molar-refractivity contribution is -0.111. The number of furan rings is 1. The van der Waals surface area contributed by atoms with E-state index in [0.717, 1.165) is 22.0 Å². The number of thiazole rings is 1. The minimum atomic E-state index is -0.272. The monoisotopic (exact) mass is 376 g/mol. The first kappa shape index (κ1) is 17.0. The fourth-order valence-corrected chi connectivity index (χ4v) is 3.62. The number of hydrogen-bond acceptors (Lipinski definition) is 5. The van der Waals surface area contributed by atoms with E-state index >= 15 is 0 Å². The van der Waals surface area contributed by atoms with Crippen LogP contribution in [0.1, 0.15) is 5.76 Å². The second-order valence-corrected chi connectivity index (χ2v) is 6.76. The van der Waals surface area contributed by atoms with Crippen LogP contribution >= 0.6 is 11.3 Å². The Balaban J connectivity index is 1.65. The predicted molar refractivity (Wildman–Crippen MR) is 106 cm³/mol. The molecular formula is C20H16N4O2S. The van der Waals surface area contributed by atoms with Crippen molar-refractivity contribution in [1.82, 2.24) is 14.5 Å². The summed E-state index contributed by atoms with van der Waals surface area (Å²) >= 11 is 1.39. The third-order valence-electron chi connectivity index (χ3n) is 3.87. The zero-order chi connectivity index (χ0) is 18.6. The van der Waals surface area contributed by atoms with Crippen molar-refractivity contribution in [2.45, 2.75) is 0 Å². The van der Waals surface area contributed by atoms with E-state index in [-0.39, 0.29) is 5.91 Å². The molecule has 0 saturated carbocycles. The molecule has 27 heavy (non-hydrogen) atoms. The molecule has 0 aliphatic rings. The third-order valence-corrected chi connectivity index (χ3v) is 4.84. The zero-order valence-corrected chi connectivity index (χ0v) is 15.3. The zero-order valence-electron chi connectivity index (χ0n) is 14.5. The van der Waals surface area contributed by atoms with Crippen LogP contribution in [0.4, 0.5) is 5.13 Å². The van der Waals surface area contributed by atoms with Crippen molar-refractivity contribution in [3.05, 3.63) is 73.0 Å². The molecule has 0 bridgehead atoms. The maximum Gasteiger partial charge on any atom is 0.250 e. The van der Waals surface area contributed by atoms with Crippen LogP contribution < -0.4 is 5.32 Å². The highest BCUT2D eigenvalue weighted by Crippen LogP contribution is 2.38. The standard InChI is InChI=1S/C20H16N4O2S/c1-24-12-11-21-19(24)18-17(14-6-3-2-4-7-14)23-20(27-18)22-16(25)10-9-15-8-5-13-26-15/h2-13H,1H3,(H,22,23,25)/b10-9+. The number of amides is 1. The molecule has 1 amide bonds. The molecule has 0 unspecified atom stereocenters. The Kier molecular flexibility index (Phi) is 4.67. The van der Waals surface area contributed by atoms with E-state index in [2.05, 4.69) is 15.3 Å². The average molecular weight is 376 g/mol. The highest BCUT2D eigenvalue weighted by atomic mass is 32.1. The largest absolute Gasteiger partial charge is 0.465 e. The Bertz CT molecular complexity index is 1080. The number of rotatable bonds is 5. The molecule has 0 saturated heterocycles. The summed E-state index contributed by atoms with van der Waals surface area (Å²) in [5.74, 6) is 1.15. The van der Waals surface area contributed by atoms with E-state index in [1.54, 1.807) is 30.7 Å². The number of imidazole rings is 1. The van der Waals surface area contributed by atoms with Gasteiger partial charge in [-0.25, -0.2) is 9.97 Å². The molecule has 0 fully saturated rings. The molecule has 1 aromatic carbocycles. The first-order chi connectivity index (χ1) is 13.2. The maximum absolute atomic E-state index is 12.2. The van der Waals surface area contributed by atoms with Crippen LogP contribution in [0, 0.1) is 0 Å². The maximum atomic E-state index is 12.2. The number of nitrogens with one attached hydrogen (secondary N) is 1. The van der Waals surface area contributed by atoms with E-state index in [9.17, 15) is 4.79 Å². The van der Waals surface area contributed by atoms with Crippen LogP contribution in [0.2, 0.25) is 0 Å². The van der Waals surface area contributed by atoms with Crippen LogP contribution in [0.3, 0.4) is 0 Å². The molecule has 3 aromatic heterocycles. The minimum Gasteiger partial charge on any atom is -0.465 e. The molecule has 1 N–H and O–H groups in total. The first-order valence-electron chi connectivity index (χ1n) is 8.27. The van der Waals surface area contributed by atoms with Crippen molar-refractivity contribution >= 4 is 28.5 Å². The van der Waals surface area contributed by atoms with E-state index in [1.807, 2.05) is 48.1 Å². The molecule has 0 aliphatic carbocycles. The Morgan fingerprint density at radius 3 is 2.78 bits per heavy atom. The molecule has 0 aliphatic heterocycles. The summed E-state index contributed by atoms with van der Waals surface area (Å²) in [5, 5.41) is 3.33. The summed E-state index contributed by atoms with van der Waals surface area (Å²) in [5.41, 5.74) is 1.76. The molecule has 3 heterocycles. The molecule has 4 aromatic rings. The van der Waals surface area contributed by atoms with E-state index in [1.165, 1.54) is 17.4 Å². The number of aryl methyl sites for hydroxylation is 1. The Morgan fingerprint density at radius 1 is 1.22 bits per heavy atom. The van der Waals surface area contributed by atoms with E-state index in [4.69, 9.17) is 4.42 Å². The number of nitrogens with zero attached hydrogens (tertiary/aromatic N) is 3. The highest BCUT2D eigenvalue weighted by Gasteiger charge is 2.18. The van der Waals surface area contributed by atoms with E-state index < -0.39 is 0 Å². The second-order valence-electron chi connectivity index (χ2n) is 5.76. The van der Waals surface area contributed by atoms with Gasteiger partial charge >= 0.3 is 0 Å². The number of aromatic nitrogens is 3.